The Morgan fingerprint density at radius 1 is 1.28 bits per heavy atom. The lowest BCUT2D eigenvalue weighted by atomic mass is 10.1. The lowest BCUT2D eigenvalue weighted by Crippen LogP contribution is -1.97. The Bertz CT molecular complexity index is 599. The van der Waals surface area contributed by atoms with E-state index in [1.807, 2.05) is 13.0 Å². The van der Waals surface area contributed by atoms with Crippen molar-refractivity contribution < 1.29 is 4.39 Å². The molecule has 4 heteroatoms. The quantitative estimate of drug-likeness (QED) is 0.839. The molecule has 1 heterocycles. The summed E-state index contributed by atoms with van der Waals surface area (Å²) in [7, 11) is 0. The minimum atomic E-state index is -0.238. The summed E-state index contributed by atoms with van der Waals surface area (Å²) in [6, 6.07) is 6.71. The van der Waals surface area contributed by atoms with E-state index in [2.05, 4.69) is 16.9 Å². The van der Waals surface area contributed by atoms with Gasteiger partial charge in [-0.05, 0) is 43.2 Å². The molecular formula is C14H15FN2S. The highest BCUT2D eigenvalue weighted by Crippen LogP contribution is 2.20. The molecule has 0 saturated heterocycles. The van der Waals surface area contributed by atoms with Crippen molar-refractivity contribution in [3.05, 3.63) is 46.1 Å². The van der Waals surface area contributed by atoms with Crippen molar-refractivity contribution in [1.82, 2.24) is 9.97 Å². The Morgan fingerprint density at radius 3 is 2.72 bits per heavy atom. The Morgan fingerprint density at radius 2 is 2.06 bits per heavy atom. The predicted molar refractivity (Wildman–Crippen MR) is 73.5 cm³/mol. The molecule has 0 spiro atoms. The monoisotopic (exact) mass is 262 g/mol. The number of aryl methyl sites for hydroxylation is 2. The van der Waals surface area contributed by atoms with Gasteiger partial charge in [0.25, 0.3) is 0 Å². The van der Waals surface area contributed by atoms with Crippen molar-refractivity contribution in [3.8, 4) is 11.3 Å². The fourth-order valence-corrected chi connectivity index (χ4v) is 2.14. The highest BCUT2D eigenvalue weighted by Gasteiger charge is 2.04. The lowest BCUT2D eigenvalue weighted by molar-refractivity contribution is 0.627. The van der Waals surface area contributed by atoms with E-state index in [-0.39, 0.29) is 5.82 Å². The molecule has 0 atom stereocenters. The van der Waals surface area contributed by atoms with Gasteiger partial charge in [0.15, 0.2) is 0 Å². The van der Waals surface area contributed by atoms with Crippen LogP contribution < -0.4 is 0 Å². The van der Waals surface area contributed by atoms with Crippen molar-refractivity contribution in [2.45, 2.75) is 26.7 Å². The van der Waals surface area contributed by atoms with Gasteiger partial charge in [-0.15, -0.1) is 0 Å². The smallest absolute Gasteiger partial charge is 0.130 e. The molecule has 0 saturated carbocycles. The van der Waals surface area contributed by atoms with Crippen molar-refractivity contribution >= 4 is 12.2 Å². The zero-order chi connectivity index (χ0) is 13.1. The molecule has 2 nitrogen and oxygen atoms in total. The SMILES string of the molecule is CCCc1nc(=S)cc(-c2cc(C)cc(F)c2)[nH]1. The third-order valence-corrected chi connectivity index (χ3v) is 2.84. The topological polar surface area (TPSA) is 28.7 Å². The first kappa shape index (κ1) is 12.9. The Hall–Kier alpha value is -1.55. The second-order valence-electron chi connectivity index (χ2n) is 4.35. The van der Waals surface area contributed by atoms with Crippen LogP contribution in [0.25, 0.3) is 11.3 Å². The summed E-state index contributed by atoms with van der Waals surface area (Å²) in [4.78, 5) is 7.47. The molecule has 0 aliphatic heterocycles. The maximum atomic E-state index is 13.4. The molecule has 0 aliphatic rings. The van der Waals surface area contributed by atoms with Crippen LogP contribution in [-0.4, -0.2) is 9.97 Å². The van der Waals surface area contributed by atoms with Crippen LogP contribution in [0.5, 0.6) is 0 Å². The molecule has 1 aromatic carbocycles. The Kier molecular flexibility index (Phi) is 3.87. The van der Waals surface area contributed by atoms with Crippen LogP contribution in [0.2, 0.25) is 0 Å². The Labute approximate surface area is 111 Å². The molecule has 0 amide bonds. The number of H-pyrrole nitrogens is 1. The zero-order valence-corrected chi connectivity index (χ0v) is 11.3. The number of halogens is 1. The van der Waals surface area contributed by atoms with Crippen molar-refractivity contribution in [2.75, 3.05) is 0 Å². The van der Waals surface area contributed by atoms with E-state index >= 15 is 0 Å². The van der Waals surface area contributed by atoms with Gasteiger partial charge in [0, 0.05) is 17.7 Å². The summed E-state index contributed by atoms with van der Waals surface area (Å²) < 4.78 is 13.9. The van der Waals surface area contributed by atoms with Gasteiger partial charge in [-0.2, -0.15) is 0 Å². The van der Waals surface area contributed by atoms with Gasteiger partial charge >= 0.3 is 0 Å². The molecule has 0 aliphatic carbocycles. The predicted octanol–water partition coefficient (Wildman–Crippen LogP) is 4.21. The van der Waals surface area contributed by atoms with Crippen LogP contribution in [0.3, 0.4) is 0 Å². The third kappa shape index (κ3) is 3.01. The van der Waals surface area contributed by atoms with E-state index in [9.17, 15) is 4.39 Å². The van der Waals surface area contributed by atoms with Crippen LogP contribution in [0, 0.1) is 17.4 Å². The molecule has 1 N–H and O–H groups in total. The number of aromatic amines is 1. The van der Waals surface area contributed by atoms with Gasteiger partial charge < -0.3 is 4.98 Å². The minimum absolute atomic E-state index is 0.238. The van der Waals surface area contributed by atoms with Gasteiger partial charge in [-0.3, -0.25) is 0 Å². The van der Waals surface area contributed by atoms with Gasteiger partial charge in [0.1, 0.15) is 16.3 Å². The average molecular weight is 262 g/mol. The number of hydrogen-bond acceptors (Lipinski definition) is 2. The first-order chi connectivity index (χ1) is 8.58. The fraction of sp³-hybridized carbons (Fsp3) is 0.286. The number of aromatic nitrogens is 2. The lowest BCUT2D eigenvalue weighted by Gasteiger charge is -2.06. The van der Waals surface area contributed by atoms with E-state index in [0.717, 1.165) is 35.5 Å². The van der Waals surface area contributed by atoms with Gasteiger partial charge in [-0.1, -0.05) is 19.1 Å². The van der Waals surface area contributed by atoms with Gasteiger partial charge in [0.05, 0.1) is 0 Å². The maximum Gasteiger partial charge on any atom is 0.130 e. The van der Waals surface area contributed by atoms with Crippen LogP contribution in [-0.2, 0) is 6.42 Å². The highest BCUT2D eigenvalue weighted by atomic mass is 32.1. The van der Waals surface area contributed by atoms with Crippen LogP contribution in [0.15, 0.2) is 24.3 Å². The number of nitrogens with one attached hydrogen (secondary N) is 1. The molecule has 94 valence electrons. The maximum absolute atomic E-state index is 13.4. The van der Waals surface area contributed by atoms with Crippen LogP contribution in [0.1, 0.15) is 24.7 Å². The fourth-order valence-electron chi connectivity index (χ4n) is 1.91. The molecule has 0 bridgehead atoms. The molecule has 0 radical (unpaired) electrons. The molecular weight excluding hydrogens is 247 g/mol. The molecule has 2 aromatic rings. The second kappa shape index (κ2) is 5.40. The molecule has 0 fully saturated rings. The normalized spacial score (nSPS) is 10.6. The largest absolute Gasteiger partial charge is 0.343 e. The first-order valence-electron chi connectivity index (χ1n) is 5.96. The van der Waals surface area contributed by atoms with E-state index in [1.165, 1.54) is 12.1 Å². The van der Waals surface area contributed by atoms with Gasteiger partial charge in [-0.25, -0.2) is 9.37 Å². The molecule has 2 rings (SSSR count). The van der Waals surface area contributed by atoms with Crippen molar-refractivity contribution in [2.24, 2.45) is 0 Å². The molecule has 0 unspecified atom stereocenters. The number of hydrogen-bond donors (Lipinski definition) is 1. The minimum Gasteiger partial charge on any atom is -0.343 e. The molecule has 18 heavy (non-hydrogen) atoms. The van der Waals surface area contributed by atoms with E-state index in [1.54, 1.807) is 6.07 Å². The second-order valence-corrected chi connectivity index (χ2v) is 4.77. The van der Waals surface area contributed by atoms with E-state index in [4.69, 9.17) is 12.2 Å². The van der Waals surface area contributed by atoms with E-state index in [0.29, 0.717) is 4.64 Å². The van der Waals surface area contributed by atoms with Crippen molar-refractivity contribution in [3.63, 3.8) is 0 Å². The summed E-state index contributed by atoms with van der Waals surface area (Å²) in [6.45, 7) is 3.95. The summed E-state index contributed by atoms with van der Waals surface area (Å²) in [5.74, 6) is 0.611. The van der Waals surface area contributed by atoms with Crippen LogP contribution in [0.4, 0.5) is 4.39 Å². The number of nitrogens with zero attached hydrogens (tertiary/aromatic N) is 1. The zero-order valence-electron chi connectivity index (χ0n) is 10.5. The Balaban J connectivity index is 2.52. The van der Waals surface area contributed by atoms with Crippen LogP contribution >= 0.6 is 12.2 Å². The van der Waals surface area contributed by atoms with Gasteiger partial charge in [0.2, 0.25) is 0 Å². The average Bonchev–Trinajstić information content (AvgIpc) is 2.27. The first-order valence-corrected chi connectivity index (χ1v) is 6.37. The van der Waals surface area contributed by atoms with E-state index < -0.39 is 0 Å². The summed E-state index contributed by atoms with van der Waals surface area (Å²) >= 11 is 5.14. The standard InChI is InChI=1S/C14H15FN2S/c1-3-4-13-16-12(8-14(18)17-13)10-5-9(2)6-11(15)7-10/h5-8H,3-4H2,1-2H3,(H,16,17,18). The molecule has 1 aromatic heterocycles. The number of rotatable bonds is 3. The third-order valence-electron chi connectivity index (χ3n) is 2.63. The highest BCUT2D eigenvalue weighted by molar-refractivity contribution is 7.71. The summed E-state index contributed by atoms with van der Waals surface area (Å²) in [6.07, 6.45) is 1.83. The summed E-state index contributed by atoms with van der Waals surface area (Å²) in [5.41, 5.74) is 2.51. The summed E-state index contributed by atoms with van der Waals surface area (Å²) in [5, 5.41) is 0. The van der Waals surface area contributed by atoms with Crippen molar-refractivity contribution in [1.29, 1.82) is 0 Å². The number of benzene rings is 1.